The van der Waals surface area contributed by atoms with E-state index in [9.17, 15) is 5.11 Å². The van der Waals surface area contributed by atoms with Gasteiger partial charge in [-0.1, -0.05) is 38.1 Å². The van der Waals surface area contributed by atoms with E-state index >= 15 is 0 Å². The molecule has 162 valence electrons. The highest BCUT2D eigenvalue weighted by molar-refractivity contribution is 5.33. The van der Waals surface area contributed by atoms with E-state index in [1.54, 1.807) is 13.3 Å². The Morgan fingerprint density at radius 1 is 1.17 bits per heavy atom. The lowest BCUT2D eigenvalue weighted by Gasteiger charge is -2.41. The molecular formula is C24H33N3O3. The third-order valence-corrected chi connectivity index (χ3v) is 6.89. The van der Waals surface area contributed by atoms with E-state index in [-0.39, 0.29) is 11.9 Å². The molecule has 2 aromatic rings. The van der Waals surface area contributed by atoms with Crippen LogP contribution in [0, 0.1) is 11.8 Å². The van der Waals surface area contributed by atoms with Crippen molar-refractivity contribution in [1.29, 1.82) is 0 Å². The minimum absolute atomic E-state index is 0.145. The molecule has 1 saturated carbocycles. The monoisotopic (exact) mass is 411 g/mol. The van der Waals surface area contributed by atoms with E-state index in [2.05, 4.69) is 53.0 Å². The van der Waals surface area contributed by atoms with Gasteiger partial charge in [-0.05, 0) is 42.2 Å². The van der Waals surface area contributed by atoms with Crippen molar-refractivity contribution in [3.63, 3.8) is 0 Å². The van der Waals surface area contributed by atoms with Crippen molar-refractivity contribution in [2.45, 2.75) is 51.2 Å². The summed E-state index contributed by atoms with van der Waals surface area (Å²) in [5, 5.41) is 11.8. The van der Waals surface area contributed by atoms with Crippen molar-refractivity contribution < 1.29 is 14.6 Å². The van der Waals surface area contributed by atoms with Crippen molar-refractivity contribution in [3.8, 4) is 11.9 Å². The van der Waals surface area contributed by atoms with Gasteiger partial charge in [-0.25, -0.2) is 4.98 Å². The number of hydrogen-bond acceptors (Lipinski definition) is 6. The van der Waals surface area contributed by atoms with E-state index in [0.717, 1.165) is 32.5 Å². The first-order chi connectivity index (χ1) is 14.4. The summed E-state index contributed by atoms with van der Waals surface area (Å²) in [7, 11) is 3.11. The Labute approximate surface area is 179 Å². The van der Waals surface area contributed by atoms with Crippen LogP contribution in [0.15, 0.2) is 30.5 Å². The number of aromatic nitrogens is 2. The van der Waals surface area contributed by atoms with E-state index in [1.165, 1.54) is 18.2 Å². The number of nitrogens with zero attached hydrogens (tertiary/aromatic N) is 3. The first-order valence-corrected chi connectivity index (χ1v) is 10.9. The molecule has 1 N–H and O–H groups in total. The third kappa shape index (κ3) is 3.91. The Kier molecular flexibility index (Phi) is 5.98. The third-order valence-electron chi connectivity index (χ3n) is 6.89. The highest BCUT2D eigenvalue weighted by Gasteiger charge is 2.51. The molecule has 3 atom stereocenters. The molecule has 0 bridgehead atoms. The van der Waals surface area contributed by atoms with Crippen LogP contribution in [0.1, 0.15) is 55.7 Å². The van der Waals surface area contributed by atoms with E-state index in [1.807, 2.05) is 0 Å². The Hall–Kier alpha value is -2.18. The largest absolute Gasteiger partial charge is 0.481 e. The summed E-state index contributed by atoms with van der Waals surface area (Å²) in [5.74, 6) is 1.57. The van der Waals surface area contributed by atoms with Gasteiger partial charge in [0.25, 0.3) is 0 Å². The van der Waals surface area contributed by atoms with Gasteiger partial charge in [-0.15, -0.1) is 0 Å². The SMILES string of the molecule is COc1ncc(C2(O)CCCC3CN(Cc4ccc(C(C)C)cc4)CC32)c(OC)n1. The summed E-state index contributed by atoms with van der Waals surface area (Å²) >= 11 is 0. The normalized spacial score (nSPS) is 26.6. The van der Waals surface area contributed by atoms with Gasteiger partial charge in [0.15, 0.2) is 0 Å². The fraction of sp³-hybridized carbons (Fsp3) is 0.583. The zero-order valence-electron chi connectivity index (χ0n) is 18.5. The van der Waals surface area contributed by atoms with Gasteiger partial charge in [0.2, 0.25) is 5.88 Å². The number of fused-ring (bicyclic) bond motifs is 1. The zero-order valence-corrected chi connectivity index (χ0v) is 18.5. The second-order valence-corrected chi connectivity index (χ2v) is 9.05. The number of rotatable bonds is 6. The van der Waals surface area contributed by atoms with Gasteiger partial charge in [0.1, 0.15) is 5.60 Å². The van der Waals surface area contributed by atoms with Crippen molar-refractivity contribution >= 4 is 0 Å². The summed E-state index contributed by atoms with van der Waals surface area (Å²) < 4.78 is 10.6. The van der Waals surface area contributed by atoms with Crippen LogP contribution in [0.3, 0.4) is 0 Å². The predicted molar refractivity (Wildman–Crippen MR) is 116 cm³/mol. The quantitative estimate of drug-likeness (QED) is 0.781. The van der Waals surface area contributed by atoms with Crippen molar-refractivity contribution in [3.05, 3.63) is 47.2 Å². The number of hydrogen-bond donors (Lipinski definition) is 1. The molecule has 6 heteroatoms. The second-order valence-electron chi connectivity index (χ2n) is 9.05. The molecule has 6 nitrogen and oxygen atoms in total. The first kappa shape index (κ1) is 21.1. The summed E-state index contributed by atoms with van der Waals surface area (Å²) in [6.07, 6.45) is 4.52. The molecule has 2 heterocycles. The van der Waals surface area contributed by atoms with Gasteiger partial charge < -0.3 is 14.6 Å². The summed E-state index contributed by atoms with van der Waals surface area (Å²) in [5.41, 5.74) is 2.40. The minimum atomic E-state index is -0.975. The van der Waals surface area contributed by atoms with Gasteiger partial charge in [-0.2, -0.15) is 4.98 Å². The molecular weight excluding hydrogens is 378 g/mol. The number of methoxy groups -OCH3 is 2. The van der Waals surface area contributed by atoms with Crippen molar-refractivity contribution in [2.75, 3.05) is 27.3 Å². The van der Waals surface area contributed by atoms with E-state index < -0.39 is 5.60 Å². The Balaban J connectivity index is 1.54. The topological polar surface area (TPSA) is 67.7 Å². The van der Waals surface area contributed by atoms with Crippen LogP contribution in [0.5, 0.6) is 11.9 Å². The lowest BCUT2D eigenvalue weighted by molar-refractivity contribution is -0.0669. The van der Waals surface area contributed by atoms with Crippen LogP contribution in [0.2, 0.25) is 0 Å². The van der Waals surface area contributed by atoms with Crippen molar-refractivity contribution in [2.24, 2.45) is 11.8 Å². The molecule has 1 aromatic heterocycles. The maximum Gasteiger partial charge on any atom is 0.319 e. The van der Waals surface area contributed by atoms with Crippen LogP contribution < -0.4 is 9.47 Å². The molecule has 1 aliphatic carbocycles. The highest BCUT2D eigenvalue weighted by Crippen LogP contribution is 2.50. The Morgan fingerprint density at radius 3 is 2.60 bits per heavy atom. The average molecular weight is 412 g/mol. The molecule has 3 unspecified atom stereocenters. The Bertz CT molecular complexity index is 870. The van der Waals surface area contributed by atoms with E-state index in [4.69, 9.17) is 9.47 Å². The lowest BCUT2D eigenvalue weighted by Crippen LogP contribution is -2.43. The number of benzene rings is 1. The van der Waals surface area contributed by atoms with Gasteiger partial charge >= 0.3 is 6.01 Å². The fourth-order valence-electron chi connectivity index (χ4n) is 5.24. The van der Waals surface area contributed by atoms with Gasteiger partial charge in [0, 0.05) is 31.7 Å². The molecule has 4 rings (SSSR count). The standard InChI is InChI=1S/C24H33N3O3/c1-16(2)18-9-7-17(8-10-18)13-27-14-19-6-5-11-24(28,21(19)15-27)20-12-25-23(30-4)26-22(20)29-3/h7-10,12,16,19,21,28H,5-6,11,13-15H2,1-4H3. The van der Waals surface area contributed by atoms with Gasteiger partial charge in [0.05, 0.1) is 19.8 Å². The molecule has 0 radical (unpaired) electrons. The maximum absolute atomic E-state index is 11.8. The molecule has 0 spiro atoms. The zero-order chi connectivity index (χ0) is 21.3. The van der Waals surface area contributed by atoms with Crippen molar-refractivity contribution in [1.82, 2.24) is 14.9 Å². The summed E-state index contributed by atoms with van der Waals surface area (Å²) in [6.45, 7) is 7.23. The first-order valence-electron chi connectivity index (χ1n) is 10.9. The minimum Gasteiger partial charge on any atom is -0.481 e. The van der Waals surface area contributed by atoms with E-state index in [0.29, 0.717) is 29.7 Å². The molecule has 1 aliphatic heterocycles. The number of ether oxygens (including phenoxy) is 2. The molecule has 30 heavy (non-hydrogen) atoms. The average Bonchev–Trinajstić information content (AvgIpc) is 3.17. The predicted octanol–water partition coefficient (Wildman–Crippen LogP) is 3.74. The van der Waals surface area contributed by atoms with Crippen LogP contribution in [-0.2, 0) is 12.1 Å². The lowest BCUT2D eigenvalue weighted by atomic mass is 9.68. The second kappa shape index (κ2) is 8.52. The molecule has 1 aromatic carbocycles. The summed E-state index contributed by atoms with van der Waals surface area (Å²) in [6, 6.07) is 9.20. The Morgan fingerprint density at radius 2 is 1.93 bits per heavy atom. The molecule has 1 saturated heterocycles. The van der Waals surface area contributed by atoms with Crippen LogP contribution in [0.4, 0.5) is 0 Å². The number of aliphatic hydroxyl groups is 1. The smallest absolute Gasteiger partial charge is 0.319 e. The van der Waals surface area contributed by atoms with Crippen LogP contribution in [0.25, 0.3) is 0 Å². The van der Waals surface area contributed by atoms with Crippen LogP contribution >= 0.6 is 0 Å². The maximum atomic E-state index is 11.8. The summed E-state index contributed by atoms with van der Waals surface area (Å²) in [4.78, 5) is 11.1. The molecule has 2 fully saturated rings. The molecule has 0 amide bonds. The highest BCUT2D eigenvalue weighted by atomic mass is 16.5. The van der Waals surface area contributed by atoms with Gasteiger partial charge in [-0.3, -0.25) is 4.90 Å². The number of likely N-dealkylation sites (tertiary alicyclic amines) is 1. The fourth-order valence-corrected chi connectivity index (χ4v) is 5.24. The van der Waals surface area contributed by atoms with Crippen LogP contribution in [-0.4, -0.2) is 47.3 Å². The molecule has 2 aliphatic rings.